The first-order valence-corrected chi connectivity index (χ1v) is 5.44. The normalized spacial score (nSPS) is 12.9. The zero-order valence-electron chi connectivity index (χ0n) is 10.6. The number of carbonyl (C=O) groups excluding carboxylic acids is 1. The van der Waals surface area contributed by atoms with Gasteiger partial charge in [0.2, 0.25) is 5.91 Å². The van der Waals surface area contributed by atoms with Crippen LogP contribution in [-0.4, -0.2) is 27.5 Å². The lowest BCUT2D eigenvalue weighted by molar-refractivity contribution is -0.122. The van der Waals surface area contributed by atoms with Gasteiger partial charge in [-0.15, -0.1) is 0 Å². The van der Waals surface area contributed by atoms with E-state index in [2.05, 4.69) is 20.6 Å². The number of nitrogens with two attached hydrogens (primary N) is 1. The summed E-state index contributed by atoms with van der Waals surface area (Å²) in [7, 11) is 0. The van der Waals surface area contributed by atoms with Gasteiger partial charge in [0.15, 0.2) is 0 Å². The van der Waals surface area contributed by atoms with E-state index in [0.29, 0.717) is 11.6 Å². The molecule has 1 heterocycles. The van der Waals surface area contributed by atoms with Crippen LogP contribution in [0.15, 0.2) is 12.4 Å². The molecule has 0 fully saturated rings. The van der Waals surface area contributed by atoms with E-state index in [1.165, 1.54) is 6.33 Å². The molecule has 1 amide bonds. The van der Waals surface area contributed by atoms with Crippen molar-refractivity contribution in [3.63, 3.8) is 0 Å². The van der Waals surface area contributed by atoms with Crippen molar-refractivity contribution in [2.24, 2.45) is 0 Å². The lowest BCUT2D eigenvalue weighted by Gasteiger charge is -2.23. The van der Waals surface area contributed by atoms with Crippen LogP contribution >= 0.6 is 0 Å². The fourth-order valence-electron chi connectivity index (χ4n) is 1.22. The molecule has 0 aliphatic rings. The summed E-state index contributed by atoms with van der Waals surface area (Å²) in [6.45, 7) is 7.56. The third-order valence-corrected chi connectivity index (χ3v) is 1.94. The summed E-state index contributed by atoms with van der Waals surface area (Å²) in [5.41, 5.74) is 5.27. The van der Waals surface area contributed by atoms with Crippen molar-refractivity contribution in [2.75, 3.05) is 11.1 Å². The second kappa shape index (κ2) is 4.99. The van der Waals surface area contributed by atoms with Gasteiger partial charge in [0, 0.05) is 11.6 Å². The van der Waals surface area contributed by atoms with Gasteiger partial charge in [0.05, 0.1) is 0 Å². The van der Waals surface area contributed by atoms with E-state index in [1.54, 1.807) is 13.0 Å². The molecule has 0 bridgehead atoms. The largest absolute Gasteiger partial charge is 0.384 e. The summed E-state index contributed by atoms with van der Waals surface area (Å²) in [5, 5.41) is 5.84. The molecule has 1 unspecified atom stereocenters. The van der Waals surface area contributed by atoms with Gasteiger partial charge in [-0.25, -0.2) is 9.97 Å². The molecule has 0 aliphatic heterocycles. The number of nitrogens with zero attached hydrogens (tertiary/aromatic N) is 2. The Kier molecular flexibility index (Phi) is 3.88. The lowest BCUT2D eigenvalue weighted by Crippen LogP contribution is -2.47. The quantitative estimate of drug-likeness (QED) is 0.722. The van der Waals surface area contributed by atoms with E-state index in [9.17, 15) is 4.79 Å². The zero-order chi connectivity index (χ0) is 13.1. The van der Waals surface area contributed by atoms with Gasteiger partial charge in [-0.05, 0) is 27.7 Å². The predicted octanol–water partition coefficient (Wildman–Crippen LogP) is 0.774. The molecule has 0 saturated carbocycles. The molecule has 1 aromatic rings. The minimum atomic E-state index is -0.386. The maximum Gasteiger partial charge on any atom is 0.242 e. The monoisotopic (exact) mass is 237 g/mol. The van der Waals surface area contributed by atoms with E-state index in [1.807, 2.05) is 20.8 Å². The summed E-state index contributed by atoms with van der Waals surface area (Å²) in [6, 6.07) is 1.20. The standard InChI is InChI=1S/C11H19N5O/c1-7(10(17)16-11(2,3)4)15-9-5-8(12)13-6-14-9/h5-7H,1-4H3,(H,16,17)(H3,12,13,14,15). The molecule has 1 aromatic heterocycles. The molecular weight excluding hydrogens is 218 g/mol. The third kappa shape index (κ3) is 4.67. The van der Waals surface area contributed by atoms with Crippen molar-refractivity contribution in [1.82, 2.24) is 15.3 Å². The Balaban J connectivity index is 2.60. The second-order valence-corrected chi connectivity index (χ2v) is 4.93. The molecular formula is C11H19N5O. The highest BCUT2D eigenvalue weighted by Gasteiger charge is 2.19. The van der Waals surface area contributed by atoms with E-state index >= 15 is 0 Å². The number of nitrogens with one attached hydrogen (secondary N) is 2. The molecule has 0 radical (unpaired) electrons. The Morgan fingerprint density at radius 1 is 1.41 bits per heavy atom. The number of hydrogen-bond acceptors (Lipinski definition) is 5. The Morgan fingerprint density at radius 2 is 2.06 bits per heavy atom. The molecule has 1 rings (SSSR count). The van der Waals surface area contributed by atoms with Crippen LogP contribution in [0, 0.1) is 0 Å². The van der Waals surface area contributed by atoms with Crippen molar-refractivity contribution in [3.8, 4) is 0 Å². The molecule has 0 saturated heterocycles. The van der Waals surface area contributed by atoms with Crippen molar-refractivity contribution < 1.29 is 4.79 Å². The van der Waals surface area contributed by atoms with Crippen molar-refractivity contribution in [2.45, 2.75) is 39.3 Å². The van der Waals surface area contributed by atoms with Gasteiger partial charge in [0.1, 0.15) is 24.0 Å². The Labute approximate surface area is 101 Å². The lowest BCUT2D eigenvalue weighted by atomic mass is 10.1. The topological polar surface area (TPSA) is 92.9 Å². The molecule has 0 spiro atoms. The first-order valence-electron chi connectivity index (χ1n) is 5.44. The molecule has 1 atom stereocenters. The molecule has 6 heteroatoms. The number of anilines is 2. The van der Waals surface area contributed by atoms with Gasteiger partial charge >= 0.3 is 0 Å². The highest BCUT2D eigenvalue weighted by molar-refractivity contribution is 5.84. The van der Waals surface area contributed by atoms with Crippen molar-refractivity contribution in [3.05, 3.63) is 12.4 Å². The third-order valence-electron chi connectivity index (χ3n) is 1.94. The fraction of sp³-hybridized carbons (Fsp3) is 0.545. The summed E-state index contributed by atoms with van der Waals surface area (Å²) in [4.78, 5) is 19.6. The van der Waals surface area contributed by atoms with Crippen molar-refractivity contribution in [1.29, 1.82) is 0 Å². The van der Waals surface area contributed by atoms with E-state index < -0.39 is 0 Å². The zero-order valence-corrected chi connectivity index (χ0v) is 10.6. The number of rotatable bonds is 3. The van der Waals surface area contributed by atoms with Gasteiger partial charge < -0.3 is 16.4 Å². The smallest absolute Gasteiger partial charge is 0.242 e. The Hall–Kier alpha value is -1.85. The van der Waals surface area contributed by atoms with E-state index in [-0.39, 0.29) is 17.5 Å². The van der Waals surface area contributed by atoms with Crippen LogP contribution in [0.25, 0.3) is 0 Å². The average Bonchev–Trinajstić information content (AvgIpc) is 2.14. The van der Waals surface area contributed by atoms with Crippen LogP contribution in [0.3, 0.4) is 0 Å². The number of carbonyl (C=O) groups is 1. The molecule has 6 nitrogen and oxygen atoms in total. The van der Waals surface area contributed by atoms with Gasteiger partial charge in [0.25, 0.3) is 0 Å². The number of hydrogen-bond donors (Lipinski definition) is 3. The second-order valence-electron chi connectivity index (χ2n) is 4.93. The van der Waals surface area contributed by atoms with Crippen LogP contribution in [0.1, 0.15) is 27.7 Å². The fourth-order valence-corrected chi connectivity index (χ4v) is 1.22. The Morgan fingerprint density at radius 3 is 2.59 bits per heavy atom. The van der Waals surface area contributed by atoms with Gasteiger partial charge in [-0.2, -0.15) is 0 Å². The van der Waals surface area contributed by atoms with Crippen LogP contribution in [-0.2, 0) is 4.79 Å². The maximum atomic E-state index is 11.8. The highest BCUT2D eigenvalue weighted by Crippen LogP contribution is 2.07. The summed E-state index contributed by atoms with van der Waals surface area (Å²) in [6.07, 6.45) is 1.35. The van der Waals surface area contributed by atoms with Crippen LogP contribution < -0.4 is 16.4 Å². The minimum Gasteiger partial charge on any atom is -0.384 e. The summed E-state index contributed by atoms with van der Waals surface area (Å²) < 4.78 is 0. The first-order chi connectivity index (χ1) is 7.78. The van der Waals surface area contributed by atoms with Crippen LogP contribution in [0.2, 0.25) is 0 Å². The molecule has 94 valence electrons. The highest BCUT2D eigenvalue weighted by atomic mass is 16.2. The van der Waals surface area contributed by atoms with Gasteiger partial charge in [-0.1, -0.05) is 0 Å². The minimum absolute atomic E-state index is 0.0883. The average molecular weight is 237 g/mol. The molecule has 0 aromatic carbocycles. The van der Waals surface area contributed by atoms with Crippen LogP contribution in [0.5, 0.6) is 0 Å². The number of aromatic nitrogens is 2. The Bertz CT molecular complexity index is 399. The van der Waals surface area contributed by atoms with E-state index in [0.717, 1.165) is 0 Å². The summed E-state index contributed by atoms with van der Waals surface area (Å²) >= 11 is 0. The van der Waals surface area contributed by atoms with Gasteiger partial charge in [-0.3, -0.25) is 4.79 Å². The first kappa shape index (κ1) is 13.2. The van der Waals surface area contributed by atoms with E-state index in [4.69, 9.17) is 5.73 Å². The number of nitrogen functional groups attached to an aromatic ring is 1. The van der Waals surface area contributed by atoms with Crippen molar-refractivity contribution >= 4 is 17.5 Å². The molecule has 0 aliphatic carbocycles. The molecule has 17 heavy (non-hydrogen) atoms. The summed E-state index contributed by atoms with van der Waals surface area (Å²) in [5.74, 6) is 0.815. The number of amides is 1. The van der Waals surface area contributed by atoms with Crippen LogP contribution in [0.4, 0.5) is 11.6 Å². The predicted molar refractivity (Wildman–Crippen MR) is 67.4 cm³/mol. The molecule has 4 N–H and O–H groups in total. The SMILES string of the molecule is CC(Nc1cc(N)ncn1)C(=O)NC(C)(C)C. The maximum absolute atomic E-state index is 11.8.